The standard InChI is InChI=1S/C24H18ClF6N3O2/c1-34(2)22(36)20(14-9-16(24(29,30)31)11-17(25)10-14)33-21(35)19-12-32-8-7-18(19)13-3-5-15(6-4-13)23(26,27)28/h3-12,20H,1-2H3,(H,33,35)/t20-/m0/s1. The number of nitrogens with zero attached hydrogens (tertiary/aromatic N) is 2. The average Bonchev–Trinajstić information content (AvgIpc) is 2.80. The minimum Gasteiger partial charge on any atom is -0.347 e. The van der Waals surface area contributed by atoms with Crippen molar-refractivity contribution in [3.8, 4) is 11.1 Å². The van der Waals surface area contributed by atoms with E-state index >= 15 is 0 Å². The summed E-state index contributed by atoms with van der Waals surface area (Å²) in [4.78, 5) is 31.0. The maximum absolute atomic E-state index is 13.3. The number of carbonyl (C=O) groups is 2. The van der Waals surface area contributed by atoms with Crippen molar-refractivity contribution < 1.29 is 35.9 Å². The first kappa shape index (κ1) is 27.0. The number of halogens is 7. The van der Waals surface area contributed by atoms with Crippen molar-refractivity contribution >= 4 is 23.4 Å². The fraction of sp³-hybridized carbons (Fsp3) is 0.208. The van der Waals surface area contributed by atoms with Crippen molar-refractivity contribution in [1.29, 1.82) is 0 Å². The van der Waals surface area contributed by atoms with Crippen molar-refractivity contribution in [3.63, 3.8) is 0 Å². The number of aromatic nitrogens is 1. The smallest absolute Gasteiger partial charge is 0.347 e. The number of rotatable bonds is 5. The van der Waals surface area contributed by atoms with Gasteiger partial charge in [0.15, 0.2) is 0 Å². The molecule has 2 amide bonds. The molecule has 12 heteroatoms. The molecule has 2 aromatic carbocycles. The van der Waals surface area contributed by atoms with Crippen LogP contribution in [0.15, 0.2) is 60.9 Å². The molecule has 0 aliphatic heterocycles. The Morgan fingerprint density at radius 3 is 2.08 bits per heavy atom. The highest BCUT2D eigenvalue weighted by Gasteiger charge is 2.34. The lowest BCUT2D eigenvalue weighted by Gasteiger charge is -2.23. The van der Waals surface area contributed by atoms with E-state index in [1.165, 1.54) is 38.5 Å². The molecule has 1 aromatic heterocycles. The average molecular weight is 530 g/mol. The Morgan fingerprint density at radius 1 is 0.917 bits per heavy atom. The molecular formula is C24H18ClF6N3O2. The Labute approximate surface area is 206 Å². The third kappa shape index (κ3) is 6.14. The minimum atomic E-state index is -4.76. The van der Waals surface area contributed by atoms with E-state index in [2.05, 4.69) is 10.3 Å². The largest absolute Gasteiger partial charge is 0.416 e. The molecule has 3 rings (SSSR count). The topological polar surface area (TPSA) is 62.3 Å². The lowest BCUT2D eigenvalue weighted by atomic mass is 9.98. The molecule has 0 unspecified atom stereocenters. The second kappa shape index (κ2) is 10.2. The number of amides is 2. The van der Waals surface area contributed by atoms with Crippen LogP contribution >= 0.6 is 11.6 Å². The lowest BCUT2D eigenvalue weighted by molar-refractivity contribution is -0.138. The van der Waals surface area contributed by atoms with Crippen LogP contribution < -0.4 is 5.32 Å². The van der Waals surface area contributed by atoms with Crippen LogP contribution in [0.5, 0.6) is 0 Å². The Hall–Kier alpha value is -3.60. The van der Waals surface area contributed by atoms with E-state index in [4.69, 9.17) is 11.6 Å². The van der Waals surface area contributed by atoms with Gasteiger partial charge in [0.25, 0.3) is 5.91 Å². The van der Waals surface area contributed by atoms with Crippen molar-refractivity contribution in [2.24, 2.45) is 0 Å². The molecule has 0 aliphatic rings. The number of nitrogens with one attached hydrogen (secondary N) is 1. The van der Waals surface area contributed by atoms with Gasteiger partial charge >= 0.3 is 12.4 Å². The molecule has 0 bridgehead atoms. The van der Waals surface area contributed by atoms with Crippen LogP contribution in [0.2, 0.25) is 5.02 Å². The molecule has 0 saturated carbocycles. The summed E-state index contributed by atoms with van der Waals surface area (Å²) in [6.07, 6.45) is -6.85. The van der Waals surface area contributed by atoms with Crippen LogP contribution in [-0.2, 0) is 17.1 Å². The first-order valence-corrected chi connectivity index (χ1v) is 10.6. The molecule has 36 heavy (non-hydrogen) atoms. The van der Waals surface area contributed by atoms with Crippen molar-refractivity contribution in [2.45, 2.75) is 18.4 Å². The molecule has 190 valence electrons. The molecule has 5 nitrogen and oxygen atoms in total. The Bertz CT molecular complexity index is 1270. The van der Waals surface area contributed by atoms with E-state index in [0.717, 1.165) is 29.3 Å². The normalized spacial score (nSPS) is 12.7. The molecule has 0 radical (unpaired) electrons. The summed E-state index contributed by atoms with van der Waals surface area (Å²) in [5.41, 5.74) is -1.84. The van der Waals surface area contributed by atoms with Gasteiger partial charge in [-0.05, 0) is 53.1 Å². The SMILES string of the molecule is CN(C)C(=O)[C@@H](NC(=O)c1cnccc1-c1ccc(C(F)(F)F)cc1)c1cc(Cl)cc(C(F)(F)F)c1. The van der Waals surface area contributed by atoms with Crippen molar-refractivity contribution in [2.75, 3.05) is 14.1 Å². The van der Waals surface area contributed by atoms with Gasteiger partial charge in [0.2, 0.25) is 5.91 Å². The van der Waals surface area contributed by atoms with Crippen LogP contribution in [0.4, 0.5) is 26.3 Å². The van der Waals surface area contributed by atoms with Gasteiger partial charge in [-0.1, -0.05) is 23.7 Å². The van der Waals surface area contributed by atoms with Gasteiger partial charge < -0.3 is 10.2 Å². The Balaban J connectivity index is 2.02. The van der Waals surface area contributed by atoms with Crippen molar-refractivity contribution in [1.82, 2.24) is 15.2 Å². The number of likely N-dealkylation sites (N-methyl/N-ethyl adjacent to an activating group) is 1. The molecule has 0 aliphatic carbocycles. The first-order valence-electron chi connectivity index (χ1n) is 10.2. The lowest BCUT2D eigenvalue weighted by Crippen LogP contribution is -2.40. The predicted octanol–water partition coefficient (Wildman–Crippen LogP) is 6.00. The van der Waals surface area contributed by atoms with Gasteiger partial charge in [0.05, 0.1) is 16.7 Å². The monoisotopic (exact) mass is 529 g/mol. The van der Waals surface area contributed by atoms with E-state index in [1.54, 1.807) is 0 Å². The maximum atomic E-state index is 13.3. The fourth-order valence-corrected chi connectivity index (χ4v) is 3.61. The van der Waals surface area contributed by atoms with Crippen LogP contribution in [0.3, 0.4) is 0 Å². The van der Waals surface area contributed by atoms with E-state index in [0.29, 0.717) is 12.1 Å². The van der Waals surface area contributed by atoms with E-state index < -0.39 is 41.3 Å². The zero-order valence-electron chi connectivity index (χ0n) is 18.7. The van der Waals surface area contributed by atoms with Gasteiger partial charge in [-0.15, -0.1) is 0 Å². The quantitative estimate of drug-likeness (QED) is 0.412. The number of alkyl halides is 6. The van der Waals surface area contributed by atoms with E-state index in [-0.39, 0.29) is 27.3 Å². The van der Waals surface area contributed by atoms with E-state index in [9.17, 15) is 35.9 Å². The van der Waals surface area contributed by atoms with Crippen molar-refractivity contribution in [3.05, 3.63) is 88.2 Å². The van der Waals surface area contributed by atoms with Gasteiger partial charge in [-0.3, -0.25) is 14.6 Å². The van der Waals surface area contributed by atoms with Crippen LogP contribution in [0.25, 0.3) is 11.1 Å². The number of pyridine rings is 1. The second-order valence-corrected chi connectivity index (χ2v) is 8.34. The fourth-order valence-electron chi connectivity index (χ4n) is 3.36. The van der Waals surface area contributed by atoms with Crippen LogP contribution in [0.1, 0.15) is 33.1 Å². The predicted molar refractivity (Wildman–Crippen MR) is 120 cm³/mol. The molecule has 0 saturated heterocycles. The second-order valence-electron chi connectivity index (χ2n) is 7.91. The molecule has 0 fully saturated rings. The number of carbonyl (C=O) groups excluding carboxylic acids is 2. The summed E-state index contributed by atoms with van der Waals surface area (Å²) in [5.74, 6) is -1.62. The van der Waals surface area contributed by atoms with Gasteiger partial charge in [0, 0.05) is 31.5 Å². The summed E-state index contributed by atoms with van der Waals surface area (Å²) < 4.78 is 78.7. The van der Waals surface area contributed by atoms with Crippen LogP contribution in [0, 0.1) is 0 Å². The Morgan fingerprint density at radius 2 is 1.53 bits per heavy atom. The highest BCUT2D eigenvalue weighted by atomic mass is 35.5. The zero-order chi connectivity index (χ0) is 26.8. The third-order valence-electron chi connectivity index (χ3n) is 5.13. The summed E-state index contributed by atoms with van der Waals surface area (Å²) in [5, 5.41) is 2.11. The number of hydrogen-bond acceptors (Lipinski definition) is 3. The number of benzene rings is 2. The maximum Gasteiger partial charge on any atom is 0.416 e. The summed E-state index contributed by atoms with van der Waals surface area (Å²) in [6.45, 7) is 0. The van der Waals surface area contributed by atoms with Gasteiger partial charge in [-0.25, -0.2) is 0 Å². The Kier molecular flexibility index (Phi) is 7.63. The minimum absolute atomic E-state index is 0.105. The molecule has 1 heterocycles. The molecule has 1 atom stereocenters. The number of hydrogen-bond donors (Lipinski definition) is 1. The summed E-state index contributed by atoms with van der Waals surface area (Å²) >= 11 is 5.86. The van der Waals surface area contributed by atoms with Gasteiger partial charge in [-0.2, -0.15) is 26.3 Å². The van der Waals surface area contributed by atoms with Crippen LogP contribution in [-0.4, -0.2) is 35.8 Å². The molecular weight excluding hydrogens is 512 g/mol. The molecule has 1 N–H and O–H groups in total. The highest BCUT2D eigenvalue weighted by Crippen LogP contribution is 2.34. The first-order chi connectivity index (χ1) is 16.7. The summed E-state index contributed by atoms with van der Waals surface area (Å²) in [6, 6.07) is 6.40. The van der Waals surface area contributed by atoms with E-state index in [1.807, 2.05) is 0 Å². The molecule has 0 spiro atoms. The zero-order valence-corrected chi connectivity index (χ0v) is 19.5. The summed E-state index contributed by atoms with van der Waals surface area (Å²) in [7, 11) is 2.71. The third-order valence-corrected chi connectivity index (χ3v) is 5.35. The van der Waals surface area contributed by atoms with Gasteiger partial charge in [0.1, 0.15) is 6.04 Å². The highest BCUT2D eigenvalue weighted by molar-refractivity contribution is 6.30. The molecule has 3 aromatic rings.